The largest absolute Gasteiger partial charge is 0.462 e. The number of ether oxygens (including phenoxy) is 3. The quantitative estimate of drug-likeness (QED) is 0.0345. The van der Waals surface area contributed by atoms with Crippen molar-refractivity contribution >= 4 is 11.9 Å². The van der Waals surface area contributed by atoms with E-state index in [0.717, 1.165) is 122 Å². The van der Waals surface area contributed by atoms with Crippen molar-refractivity contribution in [2.24, 2.45) is 0 Å². The number of esters is 2. The number of rotatable bonds is 50. The Kier molecular flexibility index (Phi) is 55.5. The number of hydrogen-bond donors (Lipinski definition) is 0. The molecule has 394 valence electrons. The number of carbonyl (C=O) groups is 2. The first-order chi connectivity index (χ1) is 34.6. The van der Waals surface area contributed by atoms with Crippen LogP contribution in [0.3, 0.4) is 0 Å². The van der Waals surface area contributed by atoms with Gasteiger partial charge in [-0.05, 0) is 135 Å². The van der Waals surface area contributed by atoms with E-state index in [2.05, 4.69) is 167 Å². The highest BCUT2D eigenvalue weighted by molar-refractivity contribution is 5.70. The molecule has 0 radical (unpaired) electrons. The monoisotopic (exact) mass is 965 g/mol. The van der Waals surface area contributed by atoms with E-state index in [4.69, 9.17) is 14.2 Å². The molecule has 5 heteroatoms. The van der Waals surface area contributed by atoms with Crippen molar-refractivity contribution in [2.45, 2.75) is 232 Å². The average Bonchev–Trinajstić information content (AvgIpc) is 3.36. The summed E-state index contributed by atoms with van der Waals surface area (Å²) in [5.41, 5.74) is 0. The molecule has 0 aliphatic carbocycles. The van der Waals surface area contributed by atoms with Gasteiger partial charge in [0.2, 0.25) is 0 Å². The van der Waals surface area contributed by atoms with Crippen molar-refractivity contribution in [2.75, 3.05) is 19.8 Å². The predicted molar refractivity (Wildman–Crippen MR) is 306 cm³/mol. The fourth-order valence-electron chi connectivity index (χ4n) is 7.19. The minimum atomic E-state index is -0.602. The van der Waals surface area contributed by atoms with Gasteiger partial charge in [-0.2, -0.15) is 0 Å². The van der Waals surface area contributed by atoms with Crippen LogP contribution in [0.25, 0.3) is 0 Å². The van der Waals surface area contributed by atoms with Gasteiger partial charge in [0.25, 0.3) is 0 Å². The van der Waals surface area contributed by atoms with Crippen LogP contribution in [0.2, 0.25) is 0 Å². The molecule has 0 fully saturated rings. The van der Waals surface area contributed by atoms with E-state index in [9.17, 15) is 9.59 Å². The summed E-state index contributed by atoms with van der Waals surface area (Å²) in [6, 6.07) is 0. The van der Waals surface area contributed by atoms with E-state index < -0.39 is 6.10 Å². The Morgan fingerprint density at radius 1 is 0.329 bits per heavy atom. The smallest absolute Gasteiger partial charge is 0.306 e. The molecule has 0 bridgehead atoms. The molecule has 0 N–H and O–H groups in total. The summed E-state index contributed by atoms with van der Waals surface area (Å²) < 4.78 is 17.4. The molecule has 1 unspecified atom stereocenters. The van der Waals surface area contributed by atoms with Crippen molar-refractivity contribution in [3.8, 4) is 0 Å². The van der Waals surface area contributed by atoms with Crippen molar-refractivity contribution < 1.29 is 23.8 Å². The summed E-state index contributed by atoms with van der Waals surface area (Å²) in [7, 11) is 0. The van der Waals surface area contributed by atoms with Gasteiger partial charge in [0, 0.05) is 19.4 Å². The van der Waals surface area contributed by atoms with Crippen LogP contribution in [0, 0.1) is 0 Å². The molecule has 0 aromatic carbocycles. The van der Waals surface area contributed by atoms with Crippen molar-refractivity contribution in [1.82, 2.24) is 0 Å². The molecule has 0 saturated carbocycles. The Labute approximate surface area is 431 Å². The Balaban J connectivity index is 4.46. The van der Waals surface area contributed by atoms with Crippen LogP contribution in [0.4, 0.5) is 0 Å². The first-order valence-corrected chi connectivity index (χ1v) is 28.4. The normalized spacial score (nSPS) is 13.4. The lowest BCUT2D eigenvalue weighted by atomic mass is 10.1. The summed E-state index contributed by atoms with van der Waals surface area (Å²) in [5, 5.41) is 0. The molecule has 0 rings (SSSR count). The molecular weight excluding hydrogens is 861 g/mol. The molecule has 0 spiro atoms. The zero-order chi connectivity index (χ0) is 50.6. The highest BCUT2D eigenvalue weighted by atomic mass is 16.6. The second-order valence-corrected chi connectivity index (χ2v) is 18.1. The topological polar surface area (TPSA) is 61.8 Å². The first-order valence-electron chi connectivity index (χ1n) is 28.4. The molecule has 0 aliphatic rings. The van der Waals surface area contributed by atoms with Crippen LogP contribution in [-0.4, -0.2) is 37.9 Å². The van der Waals surface area contributed by atoms with Gasteiger partial charge in [0.05, 0.1) is 6.61 Å². The molecule has 70 heavy (non-hydrogen) atoms. The lowest BCUT2D eigenvalue weighted by Crippen LogP contribution is -2.30. The van der Waals surface area contributed by atoms with Crippen LogP contribution in [0.15, 0.2) is 146 Å². The number of unbranched alkanes of at least 4 members (excludes halogenated alkanes) is 15. The summed E-state index contributed by atoms with van der Waals surface area (Å²) in [5.74, 6) is -0.491. The molecule has 5 nitrogen and oxygen atoms in total. The van der Waals surface area contributed by atoms with Crippen molar-refractivity contribution in [1.29, 1.82) is 0 Å². The minimum absolute atomic E-state index is 0.0334. The van der Waals surface area contributed by atoms with Gasteiger partial charge < -0.3 is 14.2 Å². The molecule has 0 aliphatic heterocycles. The van der Waals surface area contributed by atoms with Crippen LogP contribution in [-0.2, 0) is 23.8 Å². The van der Waals surface area contributed by atoms with Crippen LogP contribution in [0.5, 0.6) is 0 Å². The van der Waals surface area contributed by atoms with E-state index in [1.807, 2.05) is 0 Å². The summed E-state index contributed by atoms with van der Waals surface area (Å²) >= 11 is 0. The molecule has 0 aromatic heterocycles. The molecule has 0 heterocycles. The van der Waals surface area contributed by atoms with Crippen LogP contribution >= 0.6 is 0 Å². The second kappa shape index (κ2) is 59.1. The standard InChI is InChI=1S/C65H104O5/c1-4-7-10-13-16-19-22-25-28-30-32-34-36-39-42-45-48-51-54-57-60-68-61-63(70-65(67)59-56-53-50-47-44-41-37-27-24-21-18-15-12-9-6-3)62-69-64(66)58-55-52-49-46-43-40-38-35-33-31-29-26-23-20-17-14-11-8-5-2/h7,9-10,12,16-21,25-29,32,34,37,39,42,44,47-48,51,63H,4-6,8,11,13-15,22-24,30-31,33,35-36,38,40-41,43,45-46,49-50,52-62H2,1-3H3/b10-7-,12-9-,19-16-,20-17-,21-18-,28-25-,29-26-,34-32-,37-27-,42-39-,47-44-,51-48-. The van der Waals surface area contributed by atoms with E-state index in [0.29, 0.717) is 19.4 Å². The highest BCUT2D eigenvalue weighted by Gasteiger charge is 2.17. The predicted octanol–water partition coefficient (Wildman–Crippen LogP) is 19.7. The maximum atomic E-state index is 12.8. The van der Waals surface area contributed by atoms with E-state index >= 15 is 0 Å². The first kappa shape index (κ1) is 65.8. The molecule has 0 aromatic rings. The summed E-state index contributed by atoms with van der Waals surface area (Å²) in [6.45, 7) is 7.37. The van der Waals surface area contributed by atoms with Gasteiger partial charge in [-0.3, -0.25) is 9.59 Å². The van der Waals surface area contributed by atoms with Gasteiger partial charge in [0.1, 0.15) is 6.61 Å². The van der Waals surface area contributed by atoms with Gasteiger partial charge >= 0.3 is 11.9 Å². The van der Waals surface area contributed by atoms with Crippen molar-refractivity contribution in [3.63, 3.8) is 0 Å². The Hall–Kier alpha value is -4.22. The zero-order valence-electron chi connectivity index (χ0n) is 45.2. The third kappa shape index (κ3) is 56.4. The zero-order valence-corrected chi connectivity index (χ0v) is 45.2. The van der Waals surface area contributed by atoms with Gasteiger partial charge in [-0.15, -0.1) is 0 Å². The Morgan fingerprint density at radius 2 is 0.643 bits per heavy atom. The van der Waals surface area contributed by atoms with Crippen molar-refractivity contribution in [3.05, 3.63) is 146 Å². The third-order valence-corrected chi connectivity index (χ3v) is 11.3. The fourth-order valence-corrected chi connectivity index (χ4v) is 7.19. The Morgan fingerprint density at radius 3 is 1.06 bits per heavy atom. The summed E-state index contributed by atoms with van der Waals surface area (Å²) in [6.07, 6.45) is 85.9. The van der Waals surface area contributed by atoms with E-state index in [1.54, 1.807) is 0 Å². The second-order valence-electron chi connectivity index (χ2n) is 18.1. The maximum Gasteiger partial charge on any atom is 0.306 e. The average molecular weight is 966 g/mol. The summed E-state index contributed by atoms with van der Waals surface area (Å²) in [4.78, 5) is 25.5. The fraction of sp³-hybridized carbons (Fsp3) is 0.600. The number of hydrogen-bond acceptors (Lipinski definition) is 5. The lowest BCUT2D eigenvalue weighted by molar-refractivity contribution is -0.163. The third-order valence-electron chi connectivity index (χ3n) is 11.3. The van der Waals surface area contributed by atoms with E-state index in [-0.39, 0.29) is 25.2 Å². The van der Waals surface area contributed by atoms with Crippen LogP contribution in [0.1, 0.15) is 226 Å². The SMILES string of the molecule is CC/C=C\C/C=C\C/C=C\C/C=C\C/C=C\C/C=C\CCCOCC(COC(=O)CCCCCCCCCCC/C=C\C/C=C\CCCCC)OC(=O)CCCC/C=C\C/C=C\C/C=C\C/C=C\CC. The Bertz CT molecular complexity index is 1510. The lowest BCUT2D eigenvalue weighted by Gasteiger charge is -2.18. The van der Waals surface area contributed by atoms with Crippen LogP contribution < -0.4 is 0 Å². The highest BCUT2D eigenvalue weighted by Crippen LogP contribution is 2.13. The number of allylic oxidation sites excluding steroid dienone is 24. The molecule has 0 saturated heterocycles. The van der Waals surface area contributed by atoms with Gasteiger partial charge in [0.15, 0.2) is 6.10 Å². The van der Waals surface area contributed by atoms with Gasteiger partial charge in [-0.1, -0.05) is 224 Å². The minimum Gasteiger partial charge on any atom is -0.462 e. The van der Waals surface area contributed by atoms with Gasteiger partial charge in [-0.25, -0.2) is 0 Å². The number of carbonyl (C=O) groups excluding carboxylic acids is 2. The molecule has 0 amide bonds. The van der Waals surface area contributed by atoms with E-state index in [1.165, 1.54) is 70.6 Å². The maximum absolute atomic E-state index is 12.8. The molecular formula is C65H104O5. The molecule has 1 atom stereocenters.